The molecule has 0 radical (unpaired) electrons. The average Bonchev–Trinajstić information content (AvgIpc) is 2.89. The highest BCUT2D eigenvalue weighted by Gasteiger charge is 2.34. The zero-order chi connectivity index (χ0) is 15.5. The lowest BCUT2D eigenvalue weighted by Gasteiger charge is -2.42. The molecule has 1 aromatic heterocycles. The minimum atomic E-state index is -0.356. The van der Waals surface area contributed by atoms with Gasteiger partial charge in [0.15, 0.2) is 0 Å². The van der Waals surface area contributed by atoms with Crippen LogP contribution in [0.25, 0.3) is 0 Å². The van der Waals surface area contributed by atoms with Crippen molar-refractivity contribution in [1.29, 1.82) is 0 Å². The highest BCUT2D eigenvalue weighted by atomic mass is 16.5. The van der Waals surface area contributed by atoms with Gasteiger partial charge in [0.1, 0.15) is 5.76 Å². The molecule has 0 saturated carbocycles. The maximum absolute atomic E-state index is 12.3. The van der Waals surface area contributed by atoms with Gasteiger partial charge >= 0.3 is 0 Å². The number of rotatable bonds is 5. The third-order valence-corrected chi connectivity index (χ3v) is 3.51. The summed E-state index contributed by atoms with van der Waals surface area (Å²) in [6, 6.07) is 3.66. The standard InChI is InChI=1S/C15H24N2O4/c1-15(2)11-17(8-13(10-18)21-15)9-14(19)16(3)7-12-5-4-6-20-12/h4-6,13,18H,7-11H2,1-3H3. The van der Waals surface area contributed by atoms with Gasteiger partial charge in [-0.2, -0.15) is 0 Å². The van der Waals surface area contributed by atoms with Gasteiger partial charge in [-0.15, -0.1) is 0 Å². The number of aliphatic hydroxyl groups is 1. The van der Waals surface area contributed by atoms with Crippen molar-refractivity contribution >= 4 is 5.91 Å². The van der Waals surface area contributed by atoms with Crippen molar-refractivity contribution < 1.29 is 19.1 Å². The fraction of sp³-hybridized carbons (Fsp3) is 0.667. The Hall–Kier alpha value is -1.37. The van der Waals surface area contributed by atoms with Crippen LogP contribution in [-0.2, 0) is 16.1 Å². The molecule has 0 aliphatic carbocycles. The number of carbonyl (C=O) groups is 1. The van der Waals surface area contributed by atoms with Gasteiger partial charge in [0.2, 0.25) is 5.91 Å². The fourth-order valence-electron chi connectivity index (χ4n) is 2.67. The van der Waals surface area contributed by atoms with E-state index in [9.17, 15) is 9.90 Å². The van der Waals surface area contributed by atoms with Crippen LogP contribution in [-0.4, -0.2) is 65.8 Å². The molecule has 1 saturated heterocycles. The highest BCUT2D eigenvalue weighted by Crippen LogP contribution is 2.20. The maximum atomic E-state index is 12.3. The molecule has 0 spiro atoms. The quantitative estimate of drug-likeness (QED) is 0.867. The van der Waals surface area contributed by atoms with Crippen LogP contribution in [0.3, 0.4) is 0 Å². The van der Waals surface area contributed by atoms with Crippen molar-refractivity contribution in [3.05, 3.63) is 24.2 Å². The number of hydrogen-bond acceptors (Lipinski definition) is 5. The van der Waals surface area contributed by atoms with Crippen LogP contribution in [0.15, 0.2) is 22.8 Å². The molecule has 2 heterocycles. The molecule has 2 rings (SSSR count). The third kappa shape index (κ3) is 4.56. The van der Waals surface area contributed by atoms with Crippen LogP contribution in [0.1, 0.15) is 19.6 Å². The Morgan fingerprint density at radius 2 is 2.33 bits per heavy atom. The van der Waals surface area contributed by atoms with Crippen molar-refractivity contribution in [1.82, 2.24) is 9.80 Å². The van der Waals surface area contributed by atoms with Crippen molar-refractivity contribution in [2.24, 2.45) is 0 Å². The fourth-order valence-corrected chi connectivity index (χ4v) is 2.67. The van der Waals surface area contributed by atoms with E-state index in [1.807, 2.05) is 30.9 Å². The minimum absolute atomic E-state index is 0.0285. The SMILES string of the molecule is CN(Cc1ccco1)C(=O)CN1CC(CO)OC(C)(C)C1. The predicted octanol–water partition coefficient (Wildman–Crippen LogP) is 0.710. The van der Waals surface area contributed by atoms with Gasteiger partial charge in [-0.25, -0.2) is 0 Å². The van der Waals surface area contributed by atoms with E-state index in [4.69, 9.17) is 9.15 Å². The number of furan rings is 1. The number of likely N-dealkylation sites (N-methyl/N-ethyl adjacent to an activating group) is 1. The first-order valence-electron chi connectivity index (χ1n) is 7.17. The Morgan fingerprint density at radius 1 is 1.57 bits per heavy atom. The minimum Gasteiger partial charge on any atom is -0.467 e. The van der Waals surface area contributed by atoms with E-state index in [2.05, 4.69) is 0 Å². The van der Waals surface area contributed by atoms with Gasteiger partial charge in [0, 0.05) is 20.1 Å². The van der Waals surface area contributed by atoms with Crippen LogP contribution in [0, 0.1) is 0 Å². The van der Waals surface area contributed by atoms with E-state index in [-0.39, 0.29) is 24.2 Å². The molecular weight excluding hydrogens is 272 g/mol. The second kappa shape index (κ2) is 6.60. The number of nitrogens with zero attached hydrogens (tertiary/aromatic N) is 2. The number of aliphatic hydroxyl groups excluding tert-OH is 1. The first kappa shape index (κ1) is 16.0. The smallest absolute Gasteiger partial charge is 0.236 e. The monoisotopic (exact) mass is 296 g/mol. The van der Waals surface area contributed by atoms with Gasteiger partial charge in [-0.3, -0.25) is 9.69 Å². The Labute approximate surface area is 125 Å². The molecule has 21 heavy (non-hydrogen) atoms. The summed E-state index contributed by atoms with van der Waals surface area (Å²) in [5.74, 6) is 0.794. The summed E-state index contributed by atoms with van der Waals surface area (Å²) in [4.78, 5) is 16.0. The van der Waals surface area contributed by atoms with E-state index < -0.39 is 0 Å². The lowest BCUT2D eigenvalue weighted by molar-refractivity contribution is -0.156. The first-order chi connectivity index (χ1) is 9.89. The topological polar surface area (TPSA) is 66.2 Å². The van der Waals surface area contributed by atoms with Crippen LogP contribution in [0.4, 0.5) is 0 Å². The number of hydrogen-bond donors (Lipinski definition) is 1. The lowest BCUT2D eigenvalue weighted by Crippen LogP contribution is -2.55. The van der Waals surface area contributed by atoms with Gasteiger partial charge < -0.3 is 19.2 Å². The molecule has 6 nitrogen and oxygen atoms in total. The van der Waals surface area contributed by atoms with Crippen LogP contribution < -0.4 is 0 Å². The number of morpholine rings is 1. The Morgan fingerprint density at radius 3 is 2.95 bits per heavy atom. The number of carbonyl (C=O) groups excluding carboxylic acids is 1. The van der Waals surface area contributed by atoms with Crippen molar-refractivity contribution in [2.45, 2.75) is 32.1 Å². The molecule has 0 bridgehead atoms. The normalized spacial score (nSPS) is 22.2. The highest BCUT2D eigenvalue weighted by molar-refractivity contribution is 5.77. The average molecular weight is 296 g/mol. The van der Waals surface area contributed by atoms with E-state index in [0.717, 1.165) is 5.76 Å². The van der Waals surface area contributed by atoms with Crippen LogP contribution in [0.5, 0.6) is 0 Å². The van der Waals surface area contributed by atoms with Gasteiger partial charge in [0.05, 0.1) is 37.7 Å². The first-order valence-corrected chi connectivity index (χ1v) is 7.17. The summed E-state index contributed by atoms with van der Waals surface area (Å²) in [5.41, 5.74) is -0.356. The molecule has 1 aliphatic rings. The summed E-state index contributed by atoms with van der Waals surface area (Å²) in [7, 11) is 1.76. The second-order valence-electron chi connectivity index (χ2n) is 6.18. The molecule has 1 aromatic rings. The van der Waals surface area contributed by atoms with Crippen LogP contribution in [0.2, 0.25) is 0 Å². The summed E-state index contributed by atoms with van der Waals surface area (Å²) >= 11 is 0. The summed E-state index contributed by atoms with van der Waals surface area (Å²) < 4.78 is 11.0. The Balaban J connectivity index is 1.89. The zero-order valence-electron chi connectivity index (χ0n) is 12.9. The predicted molar refractivity (Wildman–Crippen MR) is 77.7 cm³/mol. The summed E-state index contributed by atoms with van der Waals surface area (Å²) in [6.45, 7) is 5.93. The van der Waals surface area contributed by atoms with Gasteiger partial charge in [-0.1, -0.05) is 0 Å². The second-order valence-corrected chi connectivity index (χ2v) is 6.18. The molecule has 1 atom stereocenters. The number of ether oxygens (including phenoxy) is 1. The third-order valence-electron chi connectivity index (χ3n) is 3.51. The molecule has 1 fully saturated rings. The van der Waals surface area contributed by atoms with E-state index in [1.165, 1.54) is 0 Å². The molecule has 0 aromatic carbocycles. The van der Waals surface area contributed by atoms with Gasteiger partial charge in [0.25, 0.3) is 0 Å². The van der Waals surface area contributed by atoms with Crippen molar-refractivity contribution in [3.63, 3.8) is 0 Å². The molecule has 6 heteroatoms. The van der Waals surface area contributed by atoms with Crippen molar-refractivity contribution in [3.8, 4) is 0 Å². The summed E-state index contributed by atoms with van der Waals surface area (Å²) in [6.07, 6.45) is 1.36. The number of amides is 1. The van der Waals surface area contributed by atoms with Crippen LogP contribution >= 0.6 is 0 Å². The van der Waals surface area contributed by atoms with E-state index in [1.54, 1.807) is 18.2 Å². The van der Waals surface area contributed by atoms with Gasteiger partial charge in [-0.05, 0) is 26.0 Å². The van der Waals surface area contributed by atoms with Crippen molar-refractivity contribution in [2.75, 3.05) is 33.3 Å². The molecular formula is C15H24N2O4. The van der Waals surface area contributed by atoms with E-state index in [0.29, 0.717) is 26.2 Å². The molecule has 1 unspecified atom stereocenters. The largest absolute Gasteiger partial charge is 0.467 e. The zero-order valence-corrected chi connectivity index (χ0v) is 12.9. The molecule has 118 valence electrons. The molecule has 1 N–H and O–H groups in total. The van der Waals surface area contributed by atoms with E-state index >= 15 is 0 Å². The Bertz CT molecular complexity index is 458. The Kier molecular flexibility index (Phi) is 5.03. The maximum Gasteiger partial charge on any atom is 0.236 e. The molecule has 1 amide bonds. The summed E-state index contributed by atoms with van der Waals surface area (Å²) in [5, 5.41) is 9.30. The lowest BCUT2D eigenvalue weighted by atomic mass is 10.1. The molecule has 1 aliphatic heterocycles.